The highest BCUT2D eigenvalue weighted by atomic mass is 32.1. The molecule has 0 saturated heterocycles. The summed E-state index contributed by atoms with van der Waals surface area (Å²) in [4.78, 5) is 15.0. The highest BCUT2D eigenvalue weighted by Gasteiger charge is 2.17. The highest BCUT2D eigenvalue weighted by molar-refractivity contribution is 7.71. The normalized spacial score (nSPS) is 11.9. The topological polar surface area (TPSA) is 47.5 Å². The van der Waals surface area contributed by atoms with Crippen molar-refractivity contribution in [3.8, 4) is 0 Å². The first-order valence-corrected chi connectivity index (χ1v) is 9.73. The lowest BCUT2D eigenvalue weighted by Gasteiger charge is -2.26. The Labute approximate surface area is 168 Å². The molecule has 0 aliphatic rings. The van der Waals surface area contributed by atoms with Gasteiger partial charge in [-0.25, -0.2) is 4.68 Å². The molecule has 0 amide bonds. The van der Waals surface area contributed by atoms with Gasteiger partial charge in [-0.15, -0.1) is 5.10 Å². The molecule has 2 aromatic heterocycles. The summed E-state index contributed by atoms with van der Waals surface area (Å²) in [6.45, 7) is 5.67. The van der Waals surface area contributed by atoms with Crippen molar-refractivity contribution in [2.75, 3.05) is 0 Å². The quantitative estimate of drug-likeness (QED) is 0.486. The van der Waals surface area contributed by atoms with Gasteiger partial charge in [-0.3, -0.25) is 18.7 Å². The Morgan fingerprint density at radius 1 is 1.07 bits per heavy atom. The summed E-state index contributed by atoms with van der Waals surface area (Å²) >= 11 is 5.75. The van der Waals surface area contributed by atoms with Crippen LogP contribution in [0, 0.1) is 4.77 Å². The molecule has 2 heterocycles. The lowest BCUT2D eigenvalue weighted by molar-refractivity contribution is 0.153. The van der Waals surface area contributed by atoms with Crippen LogP contribution in [0.25, 0.3) is 16.7 Å². The predicted octanol–water partition coefficient (Wildman–Crippen LogP) is 3.59. The average Bonchev–Trinajstić information content (AvgIpc) is 3.03. The molecule has 0 aliphatic carbocycles. The van der Waals surface area contributed by atoms with Crippen molar-refractivity contribution in [2.45, 2.75) is 33.1 Å². The summed E-state index contributed by atoms with van der Waals surface area (Å²) in [6.07, 6.45) is 0. The molecule has 0 spiro atoms. The molecule has 0 N–H and O–H groups in total. The molecular formula is C21H23N5OS. The van der Waals surface area contributed by atoms with E-state index in [0.717, 1.165) is 12.1 Å². The third-order valence-corrected chi connectivity index (χ3v) is 5.47. The number of hydrogen-bond acceptors (Lipinski definition) is 4. The number of aryl methyl sites for hydroxylation is 1. The van der Waals surface area contributed by atoms with Gasteiger partial charge in [0, 0.05) is 19.6 Å². The molecule has 6 nitrogen and oxygen atoms in total. The van der Waals surface area contributed by atoms with Crippen LogP contribution in [0.4, 0.5) is 0 Å². The van der Waals surface area contributed by atoms with Crippen LogP contribution in [0.5, 0.6) is 0 Å². The van der Waals surface area contributed by atoms with Gasteiger partial charge in [-0.1, -0.05) is 42.5 Å². The summed E-state index contributed by atoms with van der Waals surface area (Å²) in [6, 6.07) is 18.2. The zero-order valence-electron chi connectivity index (χ0n) is 16.2. The largest absolute Gasteiger partial charge is 0.279 e. The maximum Gasteiger partial charge on any atom is 0.262 e. The third kappa shape index (κ3) is 3.16. The van der Waals surface area contributed by atoms with Crippen LogP contribution < -0.4 is 5.56 Å². The molecule has 0 fully saturated rings. The van der Waals surface area contributed by atoms with Crippen molar-refractivity contribution in [3.63, 3.8) is 0 Å². The van der Waals surface area contributed by atoms with Gasteiger partial charge in [0.15, 0.2) is 0 Å². The van der Waals surface area contributed by atoms with Gasteiger partial charge in [-0.2, -0.15) is 0 Å². The molecule has 2 aromatic carbocycles. The van der Waals surface area contributed by atoms with Crippen LogP contribution in [0.3, 0.4) is 0 Å². The van der Waals surface area contributed by atoms with E-state index in [9.17, 15) is 4.79 Å². The minimum atomic E-state index is -0.0692. The highest BCUT2D eigenvalue weighted by Crippen LogP contribution is 2.15. The molecule has 0 aliphatic heterocycles. The van der Waals surface area contributed by atoms with E-state index >= 15 is 0 Å². The van der Waals surface area contributed by atoms with E-state index in [1.165, 1.54) is 5.56 Å². The SMILES string of the molecule is CC(C)N(Cc1ccccc1)Cn1nc2n(C)c(=O)c3ccccc3n2c1=S. The first-order chi connectivity index (χ1) is 13.5. The summed E-state index contributed by atoms with van der Waals surface area (Å²) in [5, 5.41) is 5.32. The summed E-state index contributed by atoms with van der Waals surface area (Å²) < 4.78 is 5.83. The van der Waals surface area contributed by atoms with E-state index in [2.05, 4.69) is 36.0 Å². The van der Waals surface area contributed by atoms with Crippen molar-refractivity contribution < 1.29 is 0 Å². The van der Waals surface area contributed by atoms with E-state index in [-0.39, 0.29) is 5.56 Å². The number of para-hydroxylation sites is 1. The zero-order valence-corrected chi connectivity index (χ0v) is 17.1. The van der Waals surface area contributed by atoms with Crippen molar-refractivity contribution in [3.05, 3.63) is 75.3 Å². The molecule has 0 radical (unpaired) electrons. The minimum absolute atomic E-state index is 0.0692. The maximum atomic E-state index is 12.7. The van der Waals surface area contributed by atoms with Crippen molar-refractivity contribution in [2.24, 2.45) is 7.05 Å². The van der Waals surface area contributed by atoms with E-state index < -0.39 is 0 Å². The van der Waals surface area contributed by atoms with E-state index in [0.29, 0.717) is 28.6 Å². The lowest BCUT2D eigenvalue weighted by atomic mass is 10.2. The van der Waals surface area contributed by atoms with Gasteiger partial charge in [0.1, 0.15) is 0 Å². The van der Waals surface area contributed by atoms with Gasteiger partial charge >= 0.3 is 0 Å². The number of benzene rings is 2. The fourth-order valence-corrected chi connectivity index (χ4v) is 3.70. The molecule has 28 heavy (non-hydrogen) atoms. The molecular weight excluding hydrogens is 370 g/mol. The van der Waals surface area contributed by atoms with Gasteiger partial charge in [0.25, 0.3) is 5.56 Å². The fraction of sp³-hybridized carbons (Fsp3) is 0.286. The Hall–Kier alpha value is -2.77. The van der Waals surface area contributed by atoms with Gasteiger partial charge in [0.05, 0.1) is 17.6 Å². The molecule has 0 bridgehead atoms. The van der Waals surface area contributed by atoms with Gasteiger partial charge in [0.2, 0.25) is 10.5 Å². The van der Waals surface area contributed by atoms with Crippen LogP contribution in [-0.4, -0.2) is 29.7 Å². The van der Waals surface area contributed by atoms with Gasteiger partial charge in [-0.05, 0) is 43.8 Å². The minimum Gasteiger partial charge on any atom is -0.279 e. The van der Waals surface area contributed by atoms with Crippen molar-refractivity contribution in [1.29, 1.82) is 0 Å². The first-order valence-electron chi connectivity index (χ1n) is 9.32. The predicted molar refractivity (Wildman–Crippen MR) is 114 cm³/mol. The number of rotatable bonds is 5. The molecule has 144 valence electrons. The van der Waals surface area contributed by atoms with E-state index in [4.69, 9.17) is 12.2 Å². The zero-order chi connectivity index (χ0) is 19.8. The molecule has 0 atom stereocenters. The number of aromatic nitrogens is 4. The number of fused-ring (bicyclic) bond motifs is 3. The number of hydrogen-bond donors (Lipinski definition) is 0. The Bertz CT molecular complexity index is 1250. The summed E-state index contributed by atoms with van der Waals surface area (Å²) in [5.41, 5.74) is 1.96. The van der Waals surface area contributed by atoms with Crippen LogP contribution in [0.1, 0.15) is 19.4 Å². The van der Waals surface area contributed by atoms with E-state index in [1.54, 1.807) is 16.3 Å². The molecule has 0 unspecified atom stereocenters. The second kappa shape index (κ2) is 7.33. The van der Waals surface area contributed by atoms with Crippen LogP contribution >= 0.6 is 12.2 Å². The van der Waals surface area contributed by atoms with Crippen LogP contribution in [-0.2, 0) is 20.3 Å². The van der Waals surface area contributed by atoms with E-state index in [1.807, 2.05) is 46.9 Å². The Kier molecular flexibility index (Phi) is 4.87. The summed E-state index contributed by atoms with van der Waals surface area (Å²) in [5.74, 6) is 0.553. The monoisotopic (exact) mass is 393 g/mol. The number of nitrogens with zero attached hydrogens (tertiary/aromatic N) is 5. The Balaban J connectivity index is 1.82. The second-order valence-electron chi connectivity index (χ2n) is 7.27. The molecule has 4 rings (SSSR count). The Morgan fingerprint density at radius 2 is 1.75 bits per heavy atom. The van der Waals surface area contributed by atoms with Gasteiger partial charge < -0.3 is 0 Å². The maximum absolute atomic E-state index is 12.7. The molecule has 4 aromatic rings. The second-order valence-corrected chi connectivity index (χ2v) is 7.63. The van der Waals surface area contributed by atoms with Crippen LogP contribution in [0.2, 0.25) is 0 Å². The lowest BCUT2D eigenvalue weighted by Crippen LogP contribution is -2.33. The fourth-order valence-electron chi connectivity index (χ4n) is 3.42. The van der Waals surface area contributed by atoms with Crippen molar-refractivity contribution >= 4 is 28.9 Å². The summed E-state index contributed by atoms with van der Waals surface area (Å²) in [7, 11) is 1.74. The standard InChI is InChI=1S/C21H23N5OS/c1-15(2)24(13-16-9-5-4-6-10-16)14-25-21(28)26-18-12-8-7-11-17(18)19(27)23(3)20(26)22-25/h4-12,15H,13-14H2,1-3H3. The third-order valence-electron chi connectivity index (χ3n) is 5.08. The first kappa shape index (κ1) is 18.6. The smallest absolute Gasteiger partial charge is 0.262 e. The molecule has 0 saturated carbocycles. The molecule has 7 heteroatoms. The average molecular weight is 394 g/mol. The van der Waals surface area contributed by atoms with Crippen LogP contribution in [0.15, 0.2) is 59.4 Å². The Morgan fingerprint density at radius 3 is 2.46 bits per heavy atom. The van der Waals surface area contributed by atoms with Crippen molar-refractivity contribution in [1.82, 2.24) is 23.6 Å².